The monoisotopic (exact) mass is 503 g/mol. The van der Waals surface area contributed by atoms with Crippen LogP contribution >= 0.6 is 12.1 Å². The van der Waals surface area contributed by atoms with Gasteiger partial charge in [0.15, 0.2) is 0 Å². The zero-order valence-electron chi connectivity index (χ0n) is 21.1. The van der Waals surface area contributed by atoms with E-state index >= 15 is 0 Å². The second kappa shape index (κ2) is 10.9. The first-order valence-electron chi connectivity index (χ1n) is 12.4. The number of hydrogen-bond donors (Lipinski definition) is 1. The average Bonchev–Trinajstić information content (AvgIpc) is 3.49. The third-order valence-electron chi connectivity index (χ3n) is 6.94. The summed E-state index contributed by atoms with van der Waals surface area (Å²) in [6.45, 7) is 7.01. The molecule has 36 heavy (non-hydrogen) atoms. The Balaban J connectivity index is 1.17. The van der Waals surface area contributed by atoms with Gasteiger partial charge in [-0.2, -0.15) is 0 Å². The maximum absolute atomic E-state index is 13.1. The number of aryl methyl sites for hydroxylation is 2. The van der Waals surface area contributed by atoms with E-state index in [0.717, 1.165) is 35.7 Å². The van der Waals surface area contributed by atoms with Crippen LogP contribution in [0.3, 0.4) is 0 Å². The van der Waals surface area contributed by atoms with Gasteiger partial charge in [-0.25, -0.2) is 4.31 Å². The van der Waals surface area contributed by atoms with Gasteiger partial charge < -0.3 is 19.1 Å². The number of likely N-dealkylation sites (tertiary alicyclic amines) is 1. The second-order valence-electron chi connectivity index (χ2n) is 9.62. The first-order chi connectivity index (χ1) is 17.5. The highest BCUT2D eigenvalue weighted by Crippen LogP contribution is 2.30. The van der Waals surface area contributed by atoms with Crippen molar-refractivity contribution in [3.8, 4) is 5.75 Å². The van der Waals surface area contributed by atoms with Crippen LogP contribution in [0.25, 0.3) is 0 Å². The number of carbonyl (C=O) groups is 1. The van der Waals surface area contributed by atoms with Crippen LogP contribution in [0.15, 0.2) is 66.7 Å². The van der Waals surface area contributed by atoms with Crippen LogP contribution in [0.4, 0.5) is 5.69 Å². The van der Waals surface area contributed by atoms with Gasteiger partial charge in [0.05, 0.1) is 19.5 Å². The number of benzene rings is 3. The maximum Gasteiger partial charge on any atom is 0.227 e. The van der Waals surface area contributed by atoms with Crippen molar-refractivity contribution in [1.82, 2.24) is 9.21 Å². The Morgan fingerprint density at radius 3 is 2.47 bits per heavy atom. The molecule has 1 saturated heterocycles. The van der Waals surface area contributed by atoms with E-state index < -0.39 is 0 Å². The largest absolute Gasteiger partial charge is 0.486 e. The van der Waals surface area contributed by atoms with Gasteiger partial charge in [-0.1, -0.05) is 54.1 Å². The van der Waals surface area contributed by atoms with Crippen molar-refractivity contribution >= 4 is 23.7 Å². The molecule has 0 saturated carbocycles. The molecule has 3 aromatic rings. The Labute approximate surface area is 217 Å². The van der Waals surface area contributed by atoms with Crippen LogP contribution in [0.1, 0.15) is 27.8 Å². The smallest absolute Gasteiger partial charge is 0.227 e. The van der Waals surface area contributed by atoms with E-state index in [4.69, 9.17) is 9.47 Å². The lowest BCUT2D eigenvalue weighted by atomic mass is 10.0. The number of nitrogens with zero attached hydrogens (tertiary/aromatic N) is 2. The Hall–Kier alpha value is -3.00. The molecule has 2 heterocycles. The van der Waals surface area contributed by atoms with Crippen molar-refractivity contribution in [3.05, 3.63) is 94.5 Å². The Kier molecular flexibility index (Phi) is 7.51. The van der Waals surface area contributed by atoms with Gasteiger partial charge in [0.2, 0.25) is 5.91 Å². The minimum Gasteiger partial charge on any atom is -0.486 e. The number of methoxy groups -OCH3 is 1. The molecule has 6 nitrogen and oxygen atoms in total. The predicted molar refractivity (Wildman–Crippen MR) is 145 cm³/mol. The average molecular weight is 504 g/mol. The van der Waals surface area contributed by atoms with E-state index in [1.165, 1.54) is 16.7 Å². The summed E-state index contributed by atoms with van der Waals surface area (Å²) in [7, 11) is 1.68. The zero-order chi connectivity index (χ0) is 25.1. The van der Waals surface area contributed by atoms with Crippen LogP contribution in [-0.2, 0) is 29.0 Å². The van der Waals surface area contributed by atoms with Crippen molar-refractivity contribution in [1.29, 1.82) is 0 Å². The fourth-order valence-electron chi connectivity index (χ4n) is 4.84. The number of amides is 1. The Morgan fingerprint density at radius 2 is 1.72 bits per heavy atom. The molecule has 3 aromatic carbocycles. The molecule has 0 aliphatic carbocycles. The van der Waals surface area contributed by atoms with Gasteiger partial charge in [0, 0.05) is 44.1 Å². The van der Waals surface area contributed by atoms with Gasteiger partial charge in [0.25, 0.3) is 0 Å². The minimum absolute atomic E-state index is 0.107. The summed E-state index contributed by atoms with van der Waals surface area (Å²) in [6.07, 6.45) is 0.0170. The summed E-state index contributed by atoms with van der Waals surface area (Å²) >= 11 is 1.61. The van der Waals surface area contributed by atoms with Crippen LogP contribution in [0.5, 0.6) is 5.75 Å². The number of fused-ring (bicyclic) bond motifs is 1. The molecular weight excluding hydrogens is 470 g/mol. The van der Waals surface area contributed by atoms with Gasteiger partial charge in [-0.15, -0.1) is 0 Å². The second-order valence-corrected chi connectivity index (χ2v) is 10.5. The Morgan fingerprint density at radius 1 is 0.972 bits per heavy atom. The number of carbonyl (C=O) groups excluding carboxylic acids is 1. The van der Waals surface area contributed by atoms with E-state index in [0.29, 0.717) is 19.5 Å². The van der Waals surface area contributed by atoms with Crippen LogP contribution in [0, 0.1) is 13.8 Å². The molecule has 2 aliphatic rings. The van der Waals surface area contributed by atoms with E-state index in [-0.39, 0.29) is 18.1 Å². The van der Waals surface area contributed by atoms with E-state index in [1.54, 1.807) is 19.2 Å². The highest BCUT2D eigenvalue weighted by atomic mass is 32.2. The first kappa shape index (κ1) is 24.7. The van der Waals surface area contributed by atoms with Crippen LogP contribution in [0.2, 0.25) is 0 Å². The fourth-order valence-corrected chi connectivity index (χ4v) is 5.61. The van der Waals surface area contributed by atoms with Crippen molar-refractivity contribution < 1.29 is 14.3 Å². The van der Waals surface area contributed by atoms with Gasteiger partial charge >= 0.3 is 0 Å². The molecule has 0 spiro atoms. The van der Waals surface area contributed by atoms with Crippen LogP contribution < -0.4 is 9.46 Å². The Bertz CT molecular complexity index is 1210. The highest BCUT2D eigenvalue weighted by molar-refractivity contribution is 7.98. The molecular formula is C29H33N3O3S. The number of hydrogen-bond acceptors (Lipinski definition) is 6. The lowest BCUT2D eigenvalue weighted by molar-refractivity contribution is -0.130. The van der Waals surface area contributed by atoms with Gasteiger partial charge in [-0.05, 0) is 48.2 Å². The molecule has 7 heteroatoms. The molecule has 0 aromatic heterocycles. The summed E-state index contributed by atoms with van der Waals surface area (Å²) in [5.74, 6) is 0.872. The SMILES string of the molecule is COC1CN(C(=O)Cc2cc(C)ccc2C)CC1Oc1cccc(NSN2Cc3ccccc3C2)c1. The van der Waals surface area contributed by atoms with E-state index in [1.807, 2.05) is 29.2 Å². The topological polar surface area (TPSA) is 54.0 Å². The molecule has 1 amide bonds. The first-order valence-corrected chi connectivity index (χ1v) is 13.1. The minimum atomic E-state index is -0.214. The van der Waals surface area contributed by atoms with Gasteiger partial charge in [-0.3, -0.25) is 4.79 Å². The van der Waals surface area contributed by atoms with Gasteiger partial charge in [0.1, 0.15) is 18.0 Å². The molecule has 1 fully saturated rings. The number of rotatable bonds is 8. The molecule has 0 radical (unpaired) electrons. The highest BCUT2D eigenvalue weighted by Gasteiger charge is 2.37. The molecule has 5 rings (SSSR count). The van der Waals surface area contributed by atoms with E-state index in [9.17, 15) is 4.79 Å². The third kappa shape index (κ3) is 5.69. The quantitative estimate of drug-likeness (QED) is 0.430. The molecule has 2 aliphatic heterocycles. The number of ether oxygens (including phenoxy) is 2. The summed E-state index contributed by atoms with van der Waals surface area (Å²) in [4.78, 5) is 14.9. The maximum atomic E-state index is 13.1. The standard InChI is InChI=1S/C29H33N3O3S/c1-20-11-12-21(2)24(13-20)14-29(33)31-18-27(34-3)28(19-31)35-26-10-6-9-25(15-26)30-36-32-16-22-7-4-5-8-23(22)17-32/h4-13,15,27-28,30H,14,16-19H2,1-3H3. The molecule has 1 N–H and O–H groups in total. The molecule has 2 unspecified atom stereocenters. The normalized spacial score (nSPS) is 19.4. The zero-order valence-corrected chi connectivity index (χ0v) is 21.9. The lowest BCUT2D eigenvalue weighted by Crippen LogP contribution is -2.32. The molecule has 0 bridgehead atoms. The number of nitrogens with one attached hydrogen (secondary N) is 1. The summed E-state index contributed by atoms with van der Waals surface area (Å²) < 4.78 is 17.8. The van der Waals surface area contributed by atoms with Crippen molar-refractivity contribution in [2.45, 2.75) is 45.6 Å². The van der Waals surface area contributed by atoms with Crippen molar-refractivity contribution in [2.24, 2.45) is 0 Å². The number of anilines is 1. The van der Waals surface area contributed by atoms with E-state index in [2.05, 4.69) is 65.3 Å². The van der Waals surface area contributed by atoms with Crippen LogP contribution in [-0.4, -0.2) is 47.5 Å². The predicted octanol–water partition coefficient (Wildman–Crippen LogP) is 5.14. The molecule has 2 atom stereocenters. The lowest BCUT2D eigenvalue weighted by Gasteiger charge is -2.20. The molecule has 188 valence electrons. The summed E-state index contributed by atoms with van der Waals surface area (Å²) in [6, 6.07) is 22.8. The summed E-state index contributed by atoms with van der Waals surface area (Å²) in [5.41, 5.74) is 7.13. The fraction of sp³-hybridized carbons (Fsp3) is 0.345. The summed E-state index contributed by atoms with van der Waals surface area (Å²) in [5, 5.41) is 0. The third-order valence-corrected chi connectivity index (χ3v) is 7.79. The van der Waals surface area contributed by atoms with Crippen molar-refractivity contribution in [3.63, 3.8) is 0 Å². The van der Waals surface area contributed by atoms with Crippen molar-refractivity contribution in [2.75, 3.05) is 24.9 Å².